The predicted octanol–water partition coefficient (Wildman–Crippen LogP) is 3.64. The van der Waals surface area contributed by atoms with Gasteiger partial charge < -0.3 is 9.88 Å². The number of nitrogens with one attached hydrogen (secondary N) is 1. The average molecular weight is 258 g/mol. The Labute approximate surface area is 112 Å². The molecule has 1 aliphatic heterocycles. The topological polar surface area (TPSA) is 17.0 Å². The molecule has 0 radical (unpaired) electrons. The van der Waals surface area contributed by atoms with Gasteiger partial charge in [0.2, 0.25) is 0 Å². The van der Waals surface area contributed by atoms with Crippen molar-refractivity contribution in [3.05, 3.63) is 48.1 Å². The lowest BCUT2D eigenvalue weighted by atomic mass is 10.1. The SMILES string of the molecule is F/C(Cn1cc2ccccc2c1)=C1/CCCNCC1. The summed E-state index contributed by atoms with van der Waals surface area (Å²) in [5.41, 5.74) is 0.989. The first-order valence-electron chi connectivity index (χ1n) is 6.94. The van der Waals surface area contributed by atoms with Gasteiger partial charge >= 0.3 is 0 Å². The van der Waals surface area contributed by atoms with Crippen molar-refractivity contribution in [2.45, 2.75) is 25.8 Å². The Kier molecular flexibility index (Phi) is 3.65. The van der Waals surface area contributed by atoms with Gasteiger partial charge in [-0.25, -0.2) is 4.39 Å². The van der Waals surface area contributed by atoms with E-state index in [-0.39, 0.29) is 5.83 Å². The van der Waals surface area contributed by atoms with E-state index < -0.39 is 0 Å². The number of fused-ring (bicyclic) bond motifs is 1. The monoisotopic (exact) mass is 258 g/mol. The van der Waals surface area contributed by atoms with Crippen LogP contribution in [0.2, 0.25) is 0 Å². The van der Waals surface area contributed by atoms with Gasteiger partial charge in [-0.3, -0.25) is 0 Å². The molecule has 0 amide bonds. The molecule has 0 saturated carbocycles. The first kappa shape index (κ1) is 12.4. The number of hydrogen-bond donors (Lipinski definition) is 1. The zero-order valence-electron chi connectivity index (χ0n) is 11.0. The van der Waals surface area contributed by atoms with Crippen LogP contribution in [-0.4, -0.2) is 17.7 Å². The molecule has 0 spiro atoms. The molecule has 0 bridgehead atoms. The van der Waals surface area contributed by atoms with Crippen LogP contribution in [0, 0.1) is 0 Å². The number of hydrogen-bond acceptors (Lipinski definition) is 1. The third-order valence-electron chi connectivity index (χ3n) is 3.75. The Balaban J connectivity index is 1.81. The fraction of sp³-hybridized carbons (Fsp3) is 0.375. The summed E-state index contributed by atoms with van der Waals surface area (Å²) in [5.74, 6) is 0.0454. The second-order valence-electron chi connectivity index (χ2n) is 5.17. The first-order valence-corrected chi connectivity index (χ1v) is 6.94. The summed E-state index contributed by atoms with van der Waals surface area (Å²) in [5, 5.41) is 5.65. The molecule has 2 heterocycles. The van der Waals surface area contributed by atoms with Crippen molar-refractivity contribution in [2.75, 3.05) is 13.1 Å². The average Bonchev–Trinajstić information content (AvgIpc) is 2.63. The summed E-state index contributed by atoms with van der Waals surface area (Å²) in [7, 11) is 0. The van der Waals surface area contributed by atoms with Crippen molar-refractivity contribution < 1.29 is 4.39 Å². The van der Waals surface area contributed by atoms with Crippen LogP contribution >= 0.6 is 0 Å². The fourth-order valence-corrected chi connectivity index (χ4v) is 2.69. The third-order valence-corrected chi connectivity index (χ3v) is 3.75. The van der Waals surface area contributed by atoms with Gasteiger partial charge in [0.15, 0.2) is 0 Å². The van der Waals surface area contributed by atoms with Gasteiger partial charge in [0.05, 0.1) is 6.54 Å². The lowest BCUT2D eigenvalue weighted by Gasteiger charge is -2.07. The Morgan fingerprint density at radius 2 is 1.84 bits per heavy atom. The Morgan fingerprint density at radius 3 is 2.58 bits per heavy atom. The number of rotatable bonds is 2. The van der Waals surface area contributed by atoms with Gasteiger partial charge in [0.25, 0.3) is 0 Å². The molecule has 1 aromatic heterocycles. The molecular formula is C16H19FN2. The molecule has 19 heavy (non-hydrogen) atoms. The van der Waals surface area contributed by atoms with Crippen LogP contribution in [0.4, 0.5) is 4.39 Å². The van der Waals surface area contributed by atoms with Crippen molar-refractivity contribution in [2.24, 2.45) is 0 Å². The zero-order chi connectivity index (χ0) is 13.1. The molecule has 1 aliphatic rings. The number of halogens is 1. The minimum absolute atomic E-state index is 0.0454. The number of aromatic nitrogens is 1. The van der Waals surface area contributed by atoms with Gasteiger partial charge in [0, 0.05) is 12.4 Å². The van der Waals surface area contributed by atoms with E-state index in [0.29, 0.717) is 6.54 Å². The number of benzene rings is 1. The van der Waals surface area contributed by atoms with Crippen molar-refractivity contribution in [1.29, 1.82) is 0 Å². The van der Waals surface area contributed by atoms with Crippen molar-refractivity contribution in [3.8, 4) is 0 Å². The summed E-state index contributed by atoms with van der Waals surface area (Å²) in [6.07, 6.45) is 6.80. The van der Waals surface area contributed by atoms with E-state index in [1.807, 2.05) is 29.1 Å². The van der Waals surface area contributed by atoms with Crippen LogP contribution in [0.3, 0.4) is 0 Å². The summed E-state index contributed by atoms with van der Waals surface area (Å²) >= 11 is 0. The molecule has 2 aromatic rings. The molecule has 3 heteroatoms. The molecule has 3 rings (SSSR count). The normalized spacial score (nSPS) is 19.4. The molecule has 2 nitrogen and oxygen atoms in total. The molecule has 0 aliphatic carbocycles. The zero-order valence-corrected chi connectivity index (χ0v) is 11.0. The van der Waals surface area contributed by atoms with Crippen LogP contribution < -0.4 is 5.32 Å². The number of allylic oxidation sites excluding steroid dienone is 1. The van der Waals surface area contributed by atoms with Gasteiger partial charge in [0.1, 0.15) is 5.83 Å². The summed E-state index contributed by atoms with van der Waals surface area (Å²) in [6.45, 7) is 2.27. The minimum atomic E-state index is 0.0454. The summed E-state index contributed by atoms with van der Waals surface area (Å²) < 4.78 is 16.3. The van der Waals surface area contributed by atoms with Crippen molar-refractivity contribution in [1.82, 2.24) is 9.88 Å². The second-order valence-corrected chi connectivity index (χ2v) is 5.17. The fourth-order valence-electron chi connectivity index (χ4n) is 2.69. The van der Waals surface area contributed by atoms with Crippen molar-refractivity contribution in [3.63, 3.8) is 0 Å². The maximum Gasteiger partial charge on any atom is 0.119 e. The van der Waals surface area contributed by atoms with Gasteiger partial charge in [-0.05, 0) is 48.7 Å². The lowest BCUT2D eigenvalue weighted by molar-refractivity contribution is 0.535. The Morgan fingerprint density at radius 1 is 1.11 bits per heavy atom. The van der Waals surface area contributed by atoms with Gasteiger partial charge in [-0.15, -0.1) is 0 Å². The van der Waals surface area contributed by atoms with Crippen LogP contribution in [0.25, 0.3) is 10.8 Å². The Bertz CT molecular complexity index is 555. The molecular weight excluding hydrogens is 239 g/mol. The molecule has 0 unspecified atom stereocenters. The second kappa shape index (κ2) is 5.57. The maximum absolute atomic E-state index is 14.3. The molecule has 100 valence electrons. The highest BCUT2D eigenvalue weighted by molar-refractivity contribution is 5.82. The van der Waals surface area contributed by atoms with E-state index in [2.05, 4.69) is 17.4 Å². The third kappa shape index (κ3) is 2.87. The maximum atomic E-state index is 14.3. The van der Waals surface area contributed by atoms with E-state index >= 15 is 0 Å². The van der Waals surface area contributed by atoms with Gasteiger partial charge in [-0.2, -0.15) is 0 Å². The van der Waals surface area contributed by atoms with E-state index in [4.69, 9.17) is 0 Å². The molecule has 0 atom stereocenters. The largest absolute Gasteiger partial charge is 0.346 e. The first-order chi connectivity index (χ1) is 9.33. The highest BCUT2D eigenvalue weighted by Gasteiger charge is 2.10. The highest BCUT2D eigenvalue weighted by Crippen LogP contribution is 2.21. The standard InChI is InChI=1S/C16H19FN2/c17-16(13-6-3-8-18-9-7-13)12-19-10-14-4-1-2-5-15(14)11-19/h1-2,4-5,10-11,18H,3,6-9,12H2/b16-13-. The van der Waals surface area contributed by atoms with Gasteiger partial charge in [-0.1, -0.05) is 24.3 Å². The van der Waals surface area contributed by atoms with E-state index in [1.54, 1.807) is 0 Å². The molecule has 1 aromatic carbocycles. The van der Waals surface area contributed by atoms with Crippen LogP contribution in [-0.2, 0) is 6.54 Å². The lowest BCUT2D eigenvalue weighted by Crippen LogP contribution is -2.13. The highest BCUT2D eigenvalue weighted by atomic mass is 19.1. The van der Waals surface area contributed by atoms with Crippen LogP contribution in [0.15, 0.2) is 48.1 Å². The molecule has 1 N–H and O–H groups in total. The van der Waals surface area contributed by atoms with Crippen LogP contribution in [0.1, 0.15) is 19.3 Å². The molecule has 1 saturated heterocycles. The summed E-state index contributed by atoms with van der Waals surface area (Å²) in [6, 6.07) is 8.15. The van der Waals surface area contributed by atoms with E-state index in [0.717, 1.165) is 37.9 Å². The Hall–Kier alpha value is -1.61. The van der Waals surface area contributed by atoms with E-state index in [1.165, 1.54) is 10.8 Å². The summed E-state index contributed by atoms with van der Waals surface area (Å²) in [4.78, 5) is 0. The quantitative estimate of drug-likeness (QED) is 0.870. The van der Waals surface area contributed by atoms with E-state index in [9.17, 15) is 4.39 Å². The van der Waals surface area contributed by atoms with Crippen molar-refractivity contribution >= 4 is 10.8 Å². The van der Waals surface area contributed by atoms with Crippen LogP contribution in [0.5, 0.6) is 0 Å². The molecule has 1 fully saturated rings. The smallest absolute Gasteiger partial charge is 0.119 e. The predicted molar refractivity (Wildman–Crippen MR) is 76.8 cm³/mol. The number of nitrogens with zero attached hydrogens (tertiary/aromatic N) is 1. The minimum Gasteiger partial charge on any atom is -0.346 e.